The Kier molecular flexibility index (Phi) is 6.48. The van der Waals surface area contributed by atoms with Gasteiger partial charge in [0, 0.05) is 17.7 Å². The van der Waals surface area contributed by atoms with Gasteiger partial charge in [0.15, 0.2) is 0 Å². The Morgan fingerprint density at radius 3 is 2.57 bits per heavy atom. The third-order valence-electron chi connectivity index (χ3n) is 1.39. The lowest BCUT2D eigenvalue weighted by molar-refractivity contribution is -0.118. The quantitative estimate of drug-likeness (QED) is 0.572. The molecule has 0 saturated carbocycles. The van der Waals surface area contributed by atoms with Crippen LogP contribution in [0.15, 0.2) is 0 Å². The van der Waals surface area contributed by atoms with Crippen LogP contribution in [-0.4, -0.2) is 23.0 Å². The van der Waals surface area contributed by atoms with Crippen molar-refractivity contribution in [3.05, 3.63) is 0 Å². The molecular formula is C11H19NOS. The van der Waals surface area contributed by atoms with E-state index in [0.29, 0.717) is 12.3 Å². The normalized spacial score (nSPS) is 10.3. The Balaban J connectivity index is 3.50. The summed E-state index contributed by atoms with van der Waals surface area (Å²) in [6.07, 6.45) is 0.739. The highest BCUT2D eigenvalue weighted by molar-refractivity contribution is 8.01. The van der Waals surface area contributed by atoms with Gasteiger partial charge in [-0.3, -0.25) is 4.79 Å². The summed E-state index contributed by atoms with van der Waals surface area (Å²) < 4.78 is 0.153. The van der Waals surface area contributed by atoms with Crippen molar-refractivity contribution in [2.45, 2.75) is 38.9 Å². The van der Waals surface area contributed by atoms with Crippen molar-refractivity contribution in [2.75, 3.05) is 12.3 Å². The van der Waals surface area contributed by atoms with E-state index >= 15 is 0 Å². The van der Waals surface area contributed by atoms with Gasteiger partial charge in [-0.1, -0.05) is 20.8 Å². The molecule has 2 nitrogen and oxygen atoms in total. The van der Waals surface area contributed by atoms with Crippen LogP contribution in [0.25, 0.3) is 0 Å². The van der Waals surface area contributed by atoms with Crippen LogP contribution in [0.2, 0.25) is 0 Å². The van der Waals surface area contributed by atoms with Crippen LogP contribution in [0.1, 0.15) is 34.1 Å². The second-order valence-electron chi connectivity index (χ2n) is 3.93. The summed E-state index contributed by atoms with van der Waals surface area (Å²) in [6, 6.07) is 0. The Morgan fingerprint density at radius 1 is 1.43 bits per heavy atom. The fourth-order valence-corrected chi connectivity index (χ4v) is 1.39. The van der Waals surface area contributed by atoms with E-state index in [1.807, 2.05) is 0 Å². The molecule has 1 N–H and O–H groups in total. The molecule has 1 amide bonds. The minimum atomic E-state index is 0.0998. The predicted molar refractivity (Wildman–Crippen MR) is 63.3 cm³/mol. The average Bonchev–Trinajstić information content (AvgIpc) is 2.08. The van der Waals surface area contributed by atoms with Gasteiger partial charge in [-0.25, -0.2) is 0 Å². The van der Waals surface area contributed by atoms with Crippen molar-refractivity contribution in [3.63, 3.8) is 0 Å². The maximum Gasteiger partial charge on any atom is 0.230 e. The molecule has 0 spiro atoms. The molecular weight excluding hydrogens is 194 g/mol. The highest BCUT2D eigenvalue weighted by atomic mass is 32.2. The van der Waals surface area contributed by atoms with E-state index in [-0.39, 0.29) is 10.7 Å². The molecule has 0 aromatic carbocycles. The van der Waals surface area contributed by atoms with Crippen molar-refractivity contribution in [2.24, 2.45) is 0 Å². The first-order chi connectivity index (χ1) is 6.45. The Morgan fingerprint density at radius 2 is 2.07 bits per heavy atom. The monoisotopic (exact) mass is 213 g/mol. The van der Waals surface area contributed by atoms with Crippen molar-refractivity contribution < 1.29 is 4.79 Å². The lowest BCUT2D eigenvalue weighted by Gasteiger charge is -2.16. The molecule has 0 aromatic rings. The van der Waals surface area contributed by atoms with Gasteiger partial charge in [0.05, 0.1) is 5.75 Å². The average molecular weight is 213 g/mol. The van der Waals surface area contributed by atoms with E-state index in [1.54, 1.807) is 18.7 Å². The van der Waals surface area contributed by atoms with E-state index in [9.17, 15) is 4.79 Å². The van der Waals surface area contributed by atoms with Crippen LogP contribution in [0.4, 0.5) is 0 Å². The fraction of sp³-hybridized carbons (Fsp3) is 0.727. The molecule has 0 rings (SSSR count). The van der Waals surface area contributed by atoms with Crippen LogP contribution >= 0.6 is 11.8 Å². The molecule has 0 unspecified atom stereocenters. The van der Waals surface area contributed by atoms with Crippen molar-refractivity contribution in [3.8, 4) is 11.8 Å². The molecule has 0 aliphatic heterocycles. The largest absolute Gasteiger partial charge is 0.354 e. The fourth-order valence-electron chi connectivity index (χ4n) is 0.723. The second kappa shape index (κ2) is 6.78. The first-order valence-electron chi connectivity index (χ1n) is 4.76. The number of amides is 1. The molecule has 0 saturated heterocycles. The van der Waals surface area contributed by atoms with E-state index < -0.39 is 0 Å². The topological polar surface area (TPSA) is 29.1 Å². The zero-order valence-corrected chi connectivity index (χ0v) is 10.3. The second-order valence-corrected chi connectivity index (χ2v) is 5.73. The number of hydrogen-bond donors (Lipinski definition) is 1. The van der Waals surface area contributed by atoms with E-state index in [4.69, 9.17) is 0 Å². The first-order valence-corrected chi connectivity index (χ1v) is 5.74. The zero-order chi connectivity index (χ0) is 11.0. The number of thioether (sulfide) groups is 1. The van der Waals surface area contributed by atoms with E-state index in [1.165, 1.54) is 0 Å². The zero-order valence-electron chi connectivity index (χ0n) is 9.44. The minimum absolute atomic E-state index is 0.0998. The maximum atomic E-state index is 11.3. The van der Waals surface area contributed by atoms with E-state index in [0.717, 1.165) is 6.42 Å². The van der Waals surface area contributed by atoms with Crippen LogP contribution < -0.4 is 5.32 Å². The number of carbonyl (C=O) groups is 1. The van der Waals surface area contributed by atoms with Crippen LogP contribution in [0.5, 0.6) is 0 Å². The van der Waals surface area contributed by atoms with Crippen molar-refractivity contribution in [1.82, 2.24) is 5.32 Å². The highest BCUT2D eigenvalue weighted by Gasteiger charge is 2.12. The Labute approximate surface area is 91.2 Å². The SMILES string of the molecule is CC#CCCNC(=O)CSC(C)(C)C. The highest BCUT2D eigenvalue weighted by Crippen LogP contribution is 2.22. The first kappa shape index (κ1) is 13.4. The lowest BCUT2D eigenvalue weighted by Crippen LogP contribution is -2.27. The molecule has 0 bridgehead atoms. The van der Waals surface area contributed by atoms with Gasteiger partial charge in [0.1, 0.15) is 0 Å². The molecule has 0 atom stereocenters. The van der Waals surface area contributed by atoms with Gasteiger partial charge in [-0.15, -0.1) is 23.6 Å². The summed E-state index contributed by atoms with van der Waals surface area (Å²) >= 11 is 1.66. The third kappa shape index (κ3) is 9.47. The molecule has 0 aliphatic carbocycles. The molecule has 0 fully saturated rings. The smallest absolute Gasteiger partial charge is 0.230 e. The number of nitrogens with one attached hydrogen (secondary N) is 1. The summed E-state index contributed by atoms with van der Waals surface area (Å²) in [5.41, 5.74) is 0. The molecule has 14 heavy (non-hydrogen) atoms. The Bertz CT molecular complexity index is 232. The summed E-state index contributed by atoms with van der Waals surface area (Å²) in [5, 5.41) is 2.83. The maximum absolute atomic E-state index is 11.3. The standard InChI is InChI=1S/C11H19NOS/c1-5-6-7-8-12-10(13)9-14-11(2,3)4/h7-9H2,1-4H3,(H,12,13). The van der Waals surface area contributed by atoms with Gasteiger partial charge >= 0.3 is 0 Å². The van der Waals surface area contributed by atoms with Gasteiger partial charge in [-0.05, 0) is 6.92 Å². The number of rotatable bonds is 4. The Hall–Kier alpha value is -0.620. The van der Waals surface area contributed by atoms with Crippen molar-refractivity contribution in [1.29, 1.82) is 0 Å². The number of hydrogen-bond acceptors (Lipinski definition) is 2. The third-order valence-corrected chi connectivity index (χ3v) is 2.66. The molecule has 0 heterocycles. The summed E-state index contributed by atoms with van der Waals surface area (Å²) in [6.45, 7) is 8.77. The summed E-state index contributed by atoms with van der Waals surface area (Å²) in [7, 11) is 0. The van der Waals surface area contributed by atoms with Crippen LogP contribution in [0, 0.1) is 11.8 Å². The van der Waals surface area contributed by atoms with Gasteiger partial charge in [0.25, 0.3) is 0 Å². The van der Waals surface area contributed by atoms with Crippen molar-refractivity contribution >= 4 is 17.7 Å². The molecule has 0 aliphatic rings. The lowest BCUT2D eigenvalue weighted by atomic mass is 10.3. The molecule has 80 valence electrons. The predicted octanol–water partition coefficient (Wildman–Crippen LogP) is 2.05. The van der Waals surface area contributed by atoms with E-state index in [2.05, 4.69) is 37.9 Å². The molecule has 0 radical (unpaired) electrons. The van der Waals surface area contributed by atoms with Crippen LogP contribution in [-0.2, 0) is 4.79 Å². The molecule has 3 heteroatoms. The van der Waals surface area contributed by atoms with Gasteiger partial charge in [0.2, 0.25) is 5.91 Å². The summed E-state index contributed by atoms with van der Waals surface area (Å²) in [4.78, 5) is 11.3. The van der Waals surface area contributed by atoms with Gasteiger partial charge in [-0.2, -0.15) is 0 Å². The summed E-state index contributed by atoms with van der Waals surface area (Å²) in [5.74, 6) is 6.33. The molecule has 0 aromatic heterocycles. The van der Waals surface area contributed by atoms with Gasteiger partial charge < -0.3 is 5.32 Å². The number of carbonyl (C=O) groups excluding carboxylic acids is 1. The van der Waals surface area contributed by atoms with Crippen LogP contribution in [0.3, 0.4) is 0 Å². The minimum Gasteiger partial charge on any atom is -0.354 e.